The molecule has 162 valence electrons. The van der Waals surface area contributed by atoms with E-state index in [1.165, 1.54) is 24.3 Å². The zero-order valence-corrected chi connectivity index (χ0v) is 15.2. The third kappa shape index (κ3) is 6.39. The molecule has 2 N–H and O–H groups in total. The van der Waals surface area contributed by atoms with Crippen molar-refractivity contribution in [1.29, 1.82) is 5.41 Å². The molecule has 11 heteroatoms. The van der Waals surface area contributed by atoms with Crippen molar-refractivity contribution in [1.82, 2.24) is 0 Å². The van der Waals surface area contributed by atoms with Gasteiger partial charge in [0.1, 0.15) is 17.2 Å². The molecule has 0 fully saturated rings. The number of hydrogen-bond donors (Lipinski definition) is 2. The van der Waals surface area contributed by atoms with E-state index in [4.69, 9.17) is 20.1 Å². The second kappa shape index (κ2) is 9.51. The Morgan fingerprint density at radius 1 is 0.767 bits per heavy atom. The summed E-state index contributed by atoms with van der Waals surface area (Å²) in [6.07, 6.45) is -9.12. The highest BCUT2D eigenvalue weighted by molar-refractivity contribution is 6.04. The maximum Gasteiger partial charge on any atom is 0.437 e. The van der Waals surface area contributed by atoms with Crippen LogP contribution in [0.3, 0.4) is 0 Å². The fourth-order valence-electron chi connectivity index (χ4n) is 2.31. The van der Waals surface area contributed by atoms with Gasteiger partial charge in [0.2, 0.25) is 0 Å². The number of nitrogens with one attached hydrogen (secondary N) is 1. The quantitative estimate of drug-likeness (QED) is 0.197. The van der Waals surface area contributed by atoms with Gasteiger partial charge in [-0.2, -0.15) is 26.3 Å². The van der Waals surface area contributed by atoms with Crippen LogP contribution >= 0.6 is 0 Å². The van der Waals surface area contributed by atoms with Gasteiger partial charge in [0.25, 0.3) is 0 Å². The summed E-state index contributed by atoms with van der Waals surface area (Å²) in [4.78, 5) is 0. The molecule has 0 heterocycles. The first-order valence-electron chi connectivity index (χ1n) is 8.44. The molecule has 0 amide bonds. The van der Waals surface area contributed by atoms with Crippen molar-refractivity contribution in [2.45, 2.75) is 18.8 Å². The van der Waals surface area contributed by atoms with E-state index in [9.17, 15) is 26.3 Å². The van der Waals surface area contributed by atoms with E-state index in [1.807, 2.05) is 0 Å². The molecule has 2 rings (SSSR count). The summed E-state index contributed by atoms with van der Waals surface area (Å²) in [5.41, 5.74) is -3.45. The molecule has 0 saturated heterocycles. The molecule has 0 aliphatic heterocycles. The lowest BCUT2D eigenvalue weighted by atomic mass is 10.1. The van der Waals surface area contributed by atoms with E-state index < -0.39 is 23.8 Å². The van der Waals surface area contributed by atoms with E-state index in [0.29, 0.717) is 17.9 Å². The van der Waals surface area contributed by atoms with Gasteiger partial charge in [-0.3, -0.25) is 5.41 Å². The van der Waals surface area contributed by atoms with Crippen molar-refractivity contribution in [2.75, 3.05) is 13.2 Å². The summed E-state index contributed by atoms with van der Waals surface area (Å²) >= 11 is 0. The van der Waals surface area contributed by atoms with E-state index in [0.717, 1.165) is 24.3 Å². The van der Waals surface area contributed by atoms with Crippen molar-refractivity contribution in [3.63, 3.8) is 0 Å². The van der Waals surface area contributed by atoms with Crippen LogP contribution in [0.5, 0.6) is 11.5 Å². The summed E-state index contributed by atoms with van der Waals surface area (Å²) in [7, 11) is 0. The first-order valence-corrected chi connectivity index (χ1v) is 8.44. The molecule has 0 aliphatic rings. The van der Waals surface area contributed by atoms with Crippen LogP contribution in [0.15, 0.2) is 53.7 Å². The molecule has 0 saturated carbocycles. The molecule has 0 aromatic heterocycles. The van der Waals surface area contributed by atoms with Gasteiger partial charge in [-0.05, 0) is 48.5 Å². The summed E-state index contributed by atoms with van der Waals surface area (Å²) in [5, 5.41) is 17.8. The Kier molecular flexibility index (Phi) is 7.30. The molecule has 0 aliphatic carbocycles. The second-order valence-electron chi connectivity index (χ2n) is 5.92. The number of halogens is 6. The van der Waals surface area contributed by atoms with E-state index in [2.05, 4.69) is 5.16 Å². The molecule has 0 bridgehead atoms. The highest BCUT2D eigenvalue weighted by atomic mass is 19.4. The van der Waals surface area contributed by atoms with Crippen LogP contribution in [0, 0.1) is 5.41 Å². The molecule has 0 unspecified atom stereocenters. The van der Waals surface area contributed by atoms with Crippen molar-refractivity contribution >= 4 is 11.4 Å². The number of rotatable bonds is 8. The number of nitrogens with zero attached hydrogens (tertiary/aromatic N) is 1. The van der Waals surface area contributed by atoms with Crippen LogP contribution < -0.4 is 9.47 Å². The molecule has 5 nitrogen and oxygen atoms in total. The molecule has 0 spiro atoms. The minimum Gasteiger partial charge on any atom is -0.493 e. The standard InChI is InChI=1S/C19H16F6N2O3/c20-18(21,22)16(26)12-2-6-14(7-3-12)29-10-1-11-30-15-8-4-13(5-9-15)17(27-28)19(23,24)25/h2-9,26,28H,1,10-11H2/b26-16?,27-17-. The number of oxime groups is 1. The van der Waals surface area contributed by atoms with Gasteiger partial charge in [0, 0.05) is 17.5 Å². The minimum absolute atomic E-state index is 0.177. The third-order valence-electron chi connectivity index (χ3n) is 3.75. The maximum absolute atomic E-state index is 12.7. The molecule has 30 heavy (non-hydrogen) atoms. The Morgan fingerprint density at radius 2 is 1.20 bits per heavy atom. The summed E-state index contributed by atoms with van der Waals surface area (Å²) < 4.78 is 86.1. The van der Waals surface area contributed by atoms with Crippen molar-refractivity contribution in [3.05, 3.63) is 59.7 Å². The average molecular weight is 434 g/mol. The third-order valence-corrected chi connectivity index (χ3v) is 3.75. The normalized spacial score (nSPS) is 12.5. The molecule has 0 radical (unpaired) electrons. The lowest BCUT2D eigenvalue weighted by Crippen LogP contribution is -2.23. The topological polar surface area (TPSA) is 74.9 Å². The van der Waals surface area contributed by atoms with Gasteiger partial charge in [-0.1, -0.05) is 5.16 Å². The lowest BCUT2D eigenvalue weighted by molar-refractivity contribution is -0.0605. The highest BCUT2D eigenvalue weighted by Crippen LogP contribution is 2.24. The second-order valence-corrected chi connectivity index (χ2v) is 5.92. The van der Waals surface area contributed by atoms with E-state index in [-0.39, 0.29) is 24.3 Å². The summed E-state index contributed by atoms with van der Waals surface area (Å²) in [5.74, 6) is 0.620. The number of hydrogen-bond acceptors (Lipinski definition) is 5. The number of alkyl halides is 6. The van der Waals surface area contributed by atoms with E-state index in [1.54, 1.807) is 0 Å². The predicted octanol–water partition coefficient (Wildman–Crippen LogP) is 5.21. The Bertz CT molecular complexity index is 875. The zero-order valence-electron chi connectivity index (χ0n) is 15.2. The smallest absolute Gasteiger partial charge is 0.437 e. The SMILES string of the molecule is N=C(c1ccc(OCCCOc2ccc(/C(=N/O)C(F)(F)F)cc2)cc1)C(F)(F)F. The summed E-state index contributed by atoms with van der Waals surface area (Å²) in [6, 6.07) is 9.69. The van der Waals surface area contributed by atoms with Crippen molar-refractivity contribution in [2.24, 2.45) is 5.16 Å². The predicted molar refractivity (Wildman–Crippen MR) is 95.8 cm³/mol. The van der Waals surface area contributed by atoms with Gasteiger partial charge in [0.05, 0.1) is 13.2 Å². The lowest BCUT2D eigenvalue weighted by Gasteiger charge is -2.11. The maximum atomic E-state index is 12.7. The van der Waals surface area contributed by atoms with Gasteiger partial charge >= 0.3 is 12.4 Å². The largest absolute Gasteiger partial charge is 0.493 e. The molecule has 2 aromatic carbocycles. The van der Waals surface area contributed by atoms with Crippen LogP contribution in [0.25, 0.3) is 0 Å². The monoisotopic (exact) mass is 434 g/mol. The number of benzene rings is 2. The first-order chi connectivity index (χ1) is 14.0. The fraction of sp³-hybridized carbons (Fsp3) is 0.263. The minimum atomic E-state index is -4.79. The Balaban J connectivity index is 1.77. The average Bonchev–Trinajstić information content (AvgIpc) is 2.67. The fourth-order valence-corrected chi connectivity index (χ4v) is 2.31. The van der Waals surface area contributed by atoms with Crippen LogP contribution in [-0.4, -0.2) is 42.2 Å². The Hall–Kier alpha value is -3.24. The molecule has 0 atom stereocenters. The van der Waals surface area contributed by atoms with Crippen molar-refractivity contribution in [3.8, 4) is 11.5 Å². The van der Waals surface area contributed by atoms with Crippen LogP contribution in [0.4, 0.5) is 26.3 Å². The van der Waals surface area contributed by atoms with Gasteiger partial charge in [0.15, 0.2) is 5.71 Å². The Morgan fingerprint density at radius 3 is 1.57 bits per heavy atom. The Labute approximate surface area is 167 Å². The first kappa shape index (κ1) is 23.0. The molecular weight excluding hydrogens is 418 g/mol. The van der Waals surface area contributed by atoms with Crippen LogP contribution in [0.1, 0.15) is 17.5 Å². The van der Waals surface area contributed by atoms with Crippen LogP contribution in [0.2, 0.25) is 0 Å². The summed E-state index contributed by atoms with van der Waals surface area (Å²) in [6.45, 7) is 0.361. The molecule has 2 aromatic rings. The van der Waals surface area contributed by atoms with Crippen LogP contribution in [-0.2, 0) is 0 Å². The molecular formula is C19H16F6N2O3. The number of ether oxygens (including phenoxy) is 2. The van der Waals surface area contributed by atoms with Gasteiger partial charge in [-0.15, -0.1) is 0 Å². The zero-order chi connectivity index (χ0) is 22.4. The van der Waals surface area contributed by atoms with Gasteiger partial charge in [-0.25, -0.2) is 0 Å². The highest BCUT2D eigenvalue weighted by Gasteiger charge is 2.37. The van der Waals surface area contributed by atoms with E-state index >= 15 is 0 Å². The van der Waals surface area contributed by atoms with Crippen molar-refractivity contribution < 1.29 is 41.0 Å². The van der Waals surface area contributed by atoms with Gasteiger partial charge < -0.3 is 14.7 Å².